The zero-order valence-electron chi connectivity index (χ0n) is 22.5. The SMILES string of the molecule is COc1nc(-c2nc3n(n2)CCC(S(=O)(=O)c2ccccc2)[C@H]3c2ccc(C(F)(F)F)cc2)ccc1-n1cnc(C)c1. The highest BCUT2D eigenvalue weighted by molar-refractivity contribution is 7.92. The summed E-state index contributed by atoms with van der Waals surface area (Å²) in [5, 5.41) is 3.64. The number of pyridine rings is 1. The average molecular weight is 595 g/mol. The number of hydrogen-bond donors (Lipinski definition) is 0. The second-order valence-corrected chi connectivity index (χ2v) is 12.1. The van der Waals surface area contributed by atoms with Crippen molar-refractivity contribution in [2.45, 2.75) is 42.1 Å². The molecular weight excluding hydrogens is 569 g/mol. The number of hydrogen-bond acceptors (Lipinski definition) is 7. The molecule has 0 saturated heterocycles. The van der Waals surface area contributed by atoms with Gasteiger partial charge in [-0.2, -0.15) is 13.2 Å². The second-order valence-electron chi connectivity index (χ2n) is 9.95. The highest BCUT2D eigenvalue weighted by Gasteiger charge is 2.43. The lowest BCUT2D eigenvalue weighted by atomic mass is 9.90. The minimum Gasteiger partial charge on any atom is -0.479 e. The van der Waals surface area contributed by atoms with Crippen LogP contribution in [0.15, 0.2) is 84.1 Å². The normalized spacial score (nSPS) is 17.2. The first-order chi connectivity index (χ1) is 20.1. The number of benzene rings is 2. The zero-order chi connectivity index (χ0) is 29.6. The van der Waals surface area contributed by atoms with E-state index in [1.165, 1.54) is 31.4 Å². The number of fused-ring (bicyclic) bond motifs is 1. The Bertz CT molecular complexity index is 1850. The molecule has 0 aliphatic carbocycles. The smallest absolute Gasteiger partial charge is 0.416 e. The van der Waals surface area contributed by atoms with Gasteiger partial charge in [-0.05, 0) is 55.3 Å². The highest BCUT2D eigenvalue weighted by Crippen LogP contribution is 2.41. The molecule has 4 heterocycles. The van der Waals surface area contributed by atoms with Crippen LogP contribution in [0.4, 0.5) is 13.2 Å². The van der Waals surface area contributed by atoms with E-state index >= 15 is 0 Å². The molecule has 0 amide bonds. The van der Waals surface area contributed by atoms with E-state index in [2.05, 4.69) is 15.1 Å². The molecule has 1 aliphatic rings. The molecule has 42 heavy (non-hydrogen) atoms. The van der Waals surface area contributed by atoms with Crippen molar-refractivity contribution in [3.05, 3.63) is 102 Å². The van der Waals surface area contributed by atoms with Gasteiger partial charge in [0, 0.05) is 12.7 Å². The van der Waals surface area contributed by atoms with Crippen molar-refractivity contribution in [3.8, 4) is 23.1 Å². The van der Waals surface area contributed by atoms with E-state index < -0.39 is 32.7 Å². The van der Waals surface area contributed by atoms with Crippen LogP contribution in [0.5, 0.6) is 5.88 Å². The van der Waals surface area contributed by atoms with Crippen LogP contribution in [0.1, 0.15) is 35.0 Å². The van der Waals surface area contributed by atoms with E-state index in [0.717, 1.165) is 17.8 Å². The quantitative estimate of drug-likeness (QED) is 0.265. The van der Waals surface area contributed by atoms with E-state index in [1.807, 2.05) is 13.1 Å². The summed E-state index contributed by atoms with van der Waals surface area (Å²) >= 11 is 0. The Balaban J connectivity index is 1.45. The van der Waals surface area contributed by atoms with E-state index in [4.69, 9.17) is 9.72 Å². The maximum Gasteiger partial charge on any atom is 0.416 e. The Kier molecular flexibility index (Phi) is 6.84. The average Bonchev–Trinajstić information content (AvgIpc) is 3.62. The largest absolute Gasteiger partial charge is 0.479 e. The molecule has 0 spiro atoms. The van der Waals surface area contributed by atoms with Crippen LogP contribution in [0.3, 0.4) is 0 Å². The van der Waals surface area contributed by atoms with Gasteiger partial charge < -0.3 is 9.30 Å². The van der Waals surface area contributed by atoms with Gasteiger partial charge in [0.05, 0.1) is 40.8 Å². The molecular formula is C29H25F3N6O3S. The fourth-order valence-electron chi connectivity index (χ4n) is 5.26. The summed E-state index contributed by atoms with van der Waals surface area (Å²) in [7, 11) is -2.40. The number of halogens is 3. The van der Waals surface area contributed by atoms with Gasteiger partial charge in [0.15, 0.2) is 15.7 Å². The minimum absolute atomic E-state index is 0.136. The van der Waals surface area contributed by atoms with Crippen molar-refractivity contribution in [2.24, 2.45) is 0 Å². The summed E-state index contributed by atoms with van der Waals surface area (Å²) < 4.78 is 76.6. The Hall–Kier alpha value is -4.52. The van der Waals surface area contributed by atoms with Gasteiger partial charge in [-0.1, -0.05) is 30.3 Å². The molecule has 0 N–H and O–H groups in total. The van der Waals surface area contributed by atoms with Crippen LogP contribution >= 0.6 is 0 Å². The van der Waals surface area contributed by atoms with Crippen molar-refractivity contribution >= 4 is 9.84 Å². The van der Waals surface area contributed by atoms with E-state index in [0.29, 0.717) is 28.6 Å². The first-order valence-corrected chi connectivity index (χ1v) is 14.6. The molecule has 0 radical (unpaired) electrons. The summed E-state index contributed by atoms with van der Waals surface area (Å²) in [6.07, 6.45) is -0.868. The fraction of sp³-hybridized carbons (Fsp3) is 0.241. The molecule has 0 fully saturated rings. The van der Waals surface area contributed by atoms with Gasteiger partial charge >= 0.3 is 6.18 Å². The number of aromatic nitrogens is 6. The maximum atomic E-state index is 13.9. The van der Waals surface area contributed by atoms with Crippen LogP contribution in [0.25, 0.3) is 17.2 Å². The molecule has 3 aromatic heterocycles. The topological polar surface area (TPSA) is 105 Å². The minimum atomic E-state index is -4.53. The van der Waals surface area contributed by atoms with Crippen LogP contribution in [-0.4, -0.2) is 50.1 Å². The highest BCUT2D eigenvalue weighted by atomic mass is 32.2. The Labute approximate surface area is 239 Å². The van der Waals surface area contributed by atoms with Crippen molar-refractivity contribution in [1.29, 1.82) is 0 Å². The number of alkyl halides is 3. The van der Waals surface area contributed by atoms with Crippen LogP contribution in [0.2, 0.25) is 0 Å². The lowest BCUT2D eigenvalue weighted by Gasteiger charge is -2.31. The Morgan fingerprint density at radius 3 is 2.36 bits per heavy atom. The molecule has 6 rings (SSSR count). The summed E-state index contributed by atoms with van der Waals surface area (Å²) in [5.41, 5.74) is 1.43. The predicted molar refractivity (Wildman–Crippen MR) is 147 cm³/mol. The van der Waals surface area contributed by atoms with Crippen molar-refractivity contribution in [3.63, 3.8) is 0 Å². The second kappa shape index (κ2) is 10.4. The van der Waals surface area contributed by atoms with Gasteiger partial charge in [-0.25, -0.2) is 28.1 Å². The number of sulfone groups is 1. The lowest BCUT2D eigenvalue weighted by molar-refractivity contribution is -0.137. The maximum absolute atomic E-state index is 13.9. The molecule has 1 unspecified atom stereocenters. The molecule has 0 bridgehead atoms. The van der Waals surface area contributed by atoms with Gasteiger partial charge in [-0.3, -0.25) is 0 Å². The molecule has 0 saturated carbocycles. The van der Waals surface area contributed by atoms with Crippen molar-refractivity contribution in [2.75, 3.05) is 7.11 Å². The number of rotatable bonds is 6. The first-order valence-electron chi connectivity index (χ1n) is 13.0. The number of aryl methyl sites for hydroxylation is 2. The fourth-order valence-corrected chi connectivity index (χ4v) is 7.20. The molecule has 5 aromatic rings. The standard InChI is InChI=1S/C29H25F3N6O3S/c1-18-16-37(17-33-18)23-13-12-22(34-28(23)41-2)26-35-27-25(19-8-10-20(11-9-19)29(30,31)32)24(14-15-38(27)36-26)42(39,40)21-6-4-3-5-7-21/h3-13,16-17,24-25H,14-15H2,1-2H3/t24?,25-/m1/s1. The van der Waals surface area contributed by atoms with E-state index in [-0.39, 0.29) is 23.7 Å². The third-order valence-corrected chi connectivity index (χ3v) is 9.53. The molecule has 1 aliphatic heterocycles. The summed E-state index contributed by atoms with van der Waals surface area (Å²) in [4.78, 5) is 13.7. The van der Waals surface area contributed by atoms with Gasteiger partial charge in [0.2, 0.25) is 5.88 Å². The number of methoxy groups -OCH3 is 1. The Morgan fingerprint density at radius 2 is 1.71 bits per heavy atom. The van der Waals surface area contributed by atoms with Crippen molar-refractivity contribution < 1.29 is 26.3 Å². The lowest BCUT2D eigenvalue weighted by Crippen LogP contribution is -2.36. The summed E-state index contributed by atoms with van der Waals surface area (Å²) in [6, 6.07) is 16.1. The predicted octanol–water partition coefficient (Wildman–Crippen LogP) is 5.24. The molecule has 216 valence electrons. The van der Waals surface area contributed by atoms with Crippen LogP contribution < -0.4 is 4.74 Å². The zero-order valence-corrected chi connectivity index (χ0v) is 23.3. The first kappa shape index (κ1) is 27.6. The molecule has 13 heteroatoms. The molecule has 2 aromatic carbocycles. The van der Waals surface area contributed by atoms with Gasteiger partial charge in [0.1, 0.15) is 17.2 Å². The summed E-state index contributed by atoms with van der Waals surface area (Å²) in [5.74, 6) is 0.00556. The van der Waals surface area contributed by atoms with Gasteiger partial charge in [0.25, 0.3) is 0 Å². The third-order valence-electron chi connectivity index (χ3n) is 7.30. The van der Waals surface area contributed by atoms with E-state index in [9.17, 15) is 21.6 Å². The van der Waals surface area contributed by atoms with E-state index in [1.54, 1.807) is 45.9 Å². The van der Waals surface area contributed by atoms with Crippen molar-refractivity contribution in [1.82, 2.24) is 29.3 Å². The molecule has 2 atom stereocenters. The monoisotopic (exact) mass is 594 g/mol. The van der Waals surface area contributed by atoms with Crippen LogP contribution in [-0.2, 0) is 22.6 Å². The third kappa shape index (κ3) is 4.93. The number of nitrogens with zero attached hydrogens (tertiary/aromatic N) is 6. The summed E-state index contributed by atoms with van der Waals surface area (Å²) in [6.45, 7) is 2.11. The number of imidazole rings is 1. The Morgan fingerprint density at radius 1 is 0.976 bits per heavy atom. The molecule has 9 nitrogen and oxygen atoms in total. The number of ether oxygens (including phenoxy) is 1. The van der Waals surface area contributed by atoms with Crippen LogP contribution in [0, 0.1) is 6.92 Å². The van der Waals surface area contributed by atoms with Gasteiger partial charge in [-0.15, -0.1) is 5.10 Å².